The van der Waals surface area contributed by atoms with Crippen LogP contribution in [0.3, 0.4) is 0 Å². The Morgan fingerprint density at radius 3 is 2.57 bits per heavy atom. The summed E-state index contributed by atoms with van der Waals surface area (Å²) in [4.78, 5) is 19.4. The summed E-state index contributed by atoms with van der Waals surface area (Å²) in [6.07, 6.45) is 4.66. The zero-order valence-corrected chi connectivity index (χ0v) is 26.5. The van der Waals surface area contributed by atoms with Gasteiger partial charge in [-0.2, -0.15) is 0 Å². The van der Waals surface area contributed by atoms with Crippen LogP contribution in [0.15, 0.2) is 114 Å². The fraction of sp³-hybridized carbons (Fsp3) is 0.243. The first-order valence-electron chi connectivity index (χ1n) is 15.2. The molecule has 1 heterocycles. The Morgan fingerprint density at radius 1 is 1.00 bits per heavy atom. The molecule has 0 saturated heterocycles. The van der Waals surface area contributed by atoms with Crippen molar-refractivity contribution in [3.05, 3.63) is 136 Å². The minimum Gasteiger partial charge on any atom is -0.497 e. The molecule has 46 heavy (non-hydrogen) atoms. The molecular formula is C37H38ClN3O5. The maximum atomic E-state index is 14.3. The Kier molecular flexibility index (Phi) is 11.5. The van der Waals surface area contributed by atoms with Crippen LogP contribution in [-0.4, -0.2) is 49.3 Å². The zero-order chi connectivity index (χ0) is 32.2. The fourth-order valence-electron chi connectivity index (χ4n) is 5.21. The maximum Gasteiger partial charge on any atom is 0.266 e. The number of hydrogen-bond donors (Lipinski definition) is 3. The third-order valence-electron chi connectivity index (χ3n) is 7.60. The van der Waals surface area contributed by atoms with Gasteiger partial charge in [0.1, 0.15) is 11.5 Å². The number of carbonyl (C=O) groups excluding carboxylic acids is 1. The first kappa shape index (κ1) is 32.8. The topological polar surface area (TPSA) is 101 Å². The van der Waals surface area contributed by atoms with Crippen molar-refractivity contribution in [3.8, 4) is 11.5 Å². The van der Waals surface area contributed by atoms with Gasteiger partial charge in [-0.25, -0.2) is 10.4 Å². The standard InChI is InChI=1S/C37H38ClN3O5/c1-44-33-15-6-13-30(26-33)34-37(21-7-12-27-9-3-2-4-10-27,36(43)41-39-22-20-28-11-5-14-31(38)25-28)40-35(46-34)29-16-18-32(19-17-29)45-24-8-23-42/h2-7,9-19,25-26,34,39,42H,8,20-24H2,1H3,(H,41,43)/b12-7+/t34-,37-/m0/s1. The number of hydrazine groups is 1. The molecule has 0 aromatic heterocycles. The highest BCUT2D eigenvalue weighted by Crippen LogP contribution is 2.43. The van der Waals surface area contributed by atoms with E-state index in [0.717, 1.165) is 16.7 Å². The van der Waals surface area contributed by atoms with Crippen LogP contribution in [0, 0.1) is 0 Å². The van der Waals surface area contributed by atoms with E-state index in [9.17, 15) is 4.79 Å². The number of rotatable bonds is 15. The molecule has 0 saturated carbocycles. The predicted molar refractivity (Wildman–Crippen MR) is 181 cm³/mol. The smallest absolute Gasteiger partial charge is 0.266 e. The lowest BCUT2D eigenvalue weighted by atomic mass is 9.84. The number of aliphatic hydroxyl groups excluding tert-OH is 1. The van der Waals surface area contributed by atoms with E-state index in [2.05, 4.69) is 10.9 Å². The first-order chi connectivity index (χ1) is 22.5. The van der Waals surface area contributed by atoms with E-state index >= 15 is 0 Å². The highest BCUT2D eigenvalue weighted by molar-refractivity contribution is 6.30. The second kappa shape index (κ2) is 16.1. The molecule has 238 valence electrons. The summed E-state index contributed by atoms with van der Waals surface area (Å²) in [7, 11) is 1.60. The highest BCUT2D eigenvalue weighted by Gasteiger charge is 2.52. The lowest BCUT2D eigenvalue weighted by Crippen LogP contribution is -2.52. The van der Waals surface area contributed by atoms with Crippen molar-refractivity contribution < 1.29 is 24.1 Å². The van der Waals surface area contributed by atoms with Crippen LogP contribution >= 0.6 is 11.6 Å². The van der Waals surface area contributed by atoms with E-state index in [4.69, 9.17) is 35.9 Å². The van der Waals surface area contributed by atoms with Gasteiger partial charge < -0.3 is 19.3 Å². The van der Waals surface area contributed by atoms with Gasteiger partial charge in [-0.05, 0) is 71.6 Å². The minimum absolute atomic E-state index is 0.0622. The molecule has 3 N–H and O–H groups in total. The van der Waals surface area contributed by atoms with Gasteiger partial charge in [-0.3, -0.25) is 10.2 Å². The molecule has 0 aliphatic carbocycles. The number of nitrogens with zero attached hydrogens (tertiary/aromatic N) is 1. The number of ether oxygens (including phenoxy) is 3. The number of nitrogens with one attached hydrogen (secondary N) is 2. The van der Waals surface area contributed by atoms with Crippen molar-refractivity contribution >= 4 is 29.5 Å². The average Bonchev–Trinajstić information content (AvgIpc) is 3.48. The predicted octanol–water partition coefficient (Wildman–Crippen LogP) is 6.33. The summed E-state index contributed by atoms with van der Waals surface area (Å²) in [6.45, 7) is 0.959. The van der Waals surface area contributed by atoms with Gasteiger partial charge in [0.25, 0.3) is 5.91 Å². The number of aliphatic hydroxyl groups is 1. The van der Waals surface area contributed by atoms with Crippen LogP contribution in [0.4, 0.5) is 0 Å². The number of halogens is 1. The van der Waals surface area contributed by atoms with Crippen molar-refractivity contribution in [1.82, 2.24) is 10.9 Å². The van der Waals surface area contributed by atoms with Crippen LogP contribution in [0.1, 0.15) is 41.2 Å². The fourth-order valence-corrected chi connectivity index (χ4v) is 5.42. The molecule has 0 radical (unpaired) electrons. The van der Waals surface area contributed by atoms with Gasteiger partial charge in [-0.15, -0.1) is 0 Å². The Morgan fingerprint density at radius 2 is 1.80 bits per heavy atom. The largest absolute Gasteiger partial charge is 0.497 e. The molecule has 0 fully saturated rings. The second-order valence-corrected chi connectivity index (χ2v) is 11.3. The minimum atomic E-state index is -1.35. The molecule has 0 spiro atoms. The Bertz CT molecular complexity index is 1640. The van der Waals surface area contributed by atoms with E-state index in [1.54, 1.807) is 7.11 Å². The monoisotopic (exact) mass is 639 g/mol. The number of carbonyl (C=O) groups is 1. The van der Waals surface area contributed by atoms with Crippen LogP contribution < -0.4 is 20.3 Å². The van der Waals surface area contributed by atoms with E-state index in [-0.39, 0.29) is 18.9 Å². The lowest BCUT2D eigenvalue weighted by Gasteiger charge is -2.30. The summed E-state index contributed by atoms with van der Waals surface area (Å²) >= 11 is 6.15. The number of methoxy groups -OCH3 is 1. The summed E-state index contributed by atoms with van der Waals surface area (Å²) in [5, 5.41) is 9.74. The van der Waals surface area contributed by atoms with Crippen molar-refractivity contribution in [2.75, 3.05) is 26.9 Å². The Labute approximate surface area is 274 Å². The highest BCUT2D eigenvalue weighted by atomic mass is 35.5. The molecule has 0 bridgehead atoms. The summed E-state index contributed by atoms with van der Waals surface area (Å²) in [5.74, 6) is 1.33. The van der Waals surface area contributed by atoms with E-state index in [1.807, 2.05) is 115 Å². The summed E-state index contributed by atoms with van der Waals surface area (Å²) in [6, 6.07) is 32.4. The Hall–Kier alpha value is -4.63. The summed E-state index contributed by atoms with van der Waals surface area (Å²) in [5.41, 5.74) is 8.18. The normalized spacial score (nSPS) is 17.4. The number of amides is 1. The molecule has 1 aliphatic heterocycles. The van der Waals surface area contributed by atoms with Crippen LogP contribution in [0.5, 0.6) is 11.5 Å². The van der Waals surface area contributed by atoms with Crippen LogP contribution in [0.25, 0.3) is 6.08 Å². The van der Waals surface area contributed by atoms with Crippen LogP contribution in [-0.2, 0) is 16.0 Å². The average molecular weight is 640 g/mol. The molecule has 5 rings (SSSR count). The van der Waals surface area contributed by atoms with Gasteiger partial charge >= 0.3 is 0 Å². The lowest BCUT2D eigenvalue weighted by molar-refractivity contribution is -0.129. The van der Waals surface area contributed by atoms with E-state index < -0.39 is 11.6 Å². The molecule has 2 atom stereocenters. The molecule has 1 amide bonds. The molecule has 0 unspecified atom stereocenters. The van der Waals surface area contributed by atoms with Gasteiger partial charge in [-0.1, -0.05) is 78.4 Å². The van der Waals surface area contributed by atoms with Gasteiger partial charge in [0.05, 0.1) is 13.7 Å². The van der Waals surface area contributed by atoms with Crippen molar-refractivity contribution in [3.63, 3.8) is 0 Å². The maximum absolute atomic E-state index is 14.3. The molecule has 1 aliphatic rings. The van der Waals surface area contributed by atoms with Crippen LogP contribution in [0.2, 0.25) is 5.02 Å². The van der Waals surface area contributed by atoms with E-state index in [1.165, 1.54) is 0 Å². The van der Waals surface area contributed by atoms with Gasteiger partial charge in [0.15, 0.2) is 11.6 Å². The van der Waals surface area contributed by atoms with Crippen molar-refractivity contribution in [2.45, 2.75) is 30.9 Å². The number of aliphatic imine (C=N–C) groups is 1. The Balaban J connectivity index is 1.47. The molecule has 9 heteroatoms. The molecule has 4 aromatic carbocycles. The SMILES string of the molecule is COc1cccc([C@@H]2OC(c3ccc(OCCCO)cc3)=N[C@]2(C/C=C/c2ccccc2)C(=O)NNCCc2cccc(Cl)c2)c1. The molecular weight excluding hydrogens is 602 g/mol. The van der Waals surface area contributed by atoms with Gasteiger partial charge in [0.2, 0.25) is 5.90 Å². The quantitative estimate of drug-likeness (QED) is 0.104. The van der Waals surface area contributed by atoms with Crippen molar-refractivity contribution in [1.29, 1.82) is 0 Å². The number of hydrogen-bond acceptors (Lipinski definition) is 7. The molecule has 8 nitrogen and oxygen atoms in total. The third kappa shape index (κ3) is 8.34. The molecule has 4 aromatic rings. The van der Waals surface area contributed by atoms with Crippen molar-refractivity contribution in [2.24, 2.45) is 4.99 Å². The van der Waals surface area contributed by atoms with Gasteiger partial charge in [0, 0.05) is 36.6 Å². The zero-order valence-electron chi connectivity index (χ0n) is 25.7. The first-order valence-corrected chi connectivity index (χ1v) is 15.6. The summed E-state index contributed by atoms with van der Waals surface area (Å²) < 4.78 is 17.8. The number of benzene rings is 4. The second-order valence-electron chi connectivity index (χ2n) is 10.8. The van der Waals surface area contributed by atoms with E-state index in [0.29, 0.717) is 54.0 Å². The third-order valence-corrected chi connectivity index (χ3v) is 7.83.